The average molecular weight is 434 g/mol. The quantitative estimate of drug-likeness (QED) is 0.716. The zero-order chi connectivity index (χ0) is 22.6. The summed E-state index contributed by atoms with van der Waals surface area (Å²) in [6.45, 7) is 1.47. The molecule has 31 heavy (non-hydrogen) atoms. The van der Waals surface area contributed by atoms with Gasteiger partial charge in [-0.2, -0.15) is 13.2 Å². The van der Waals surface area contributed by atoms with Gasteiger partial charge in [0.25, 0.3) is 0 Å². The summed E-state index contributed by atoms with van der Waals surface area (Å²) in [6.07, 6.45) is -3.06. The van der Waals surface area contributed by atoms with Gasteiger partial charge in [0.15, 0.2) is 0 Å². The molecule has 0 unspecified atom stereocenters. The number of hydrogen-bond acceptors (Lipinski definition) is 3. The van der Waals surface area contributed by atoms with Crippen molar-refractivity contribution >= 4 is 23.3 Å². The van der Waals surface area contributed by atoms with Crippen molar-refractivity contribution in [2.75, 3.05) is 30.9 Å². The van der Waals surface area contributed by atoms with E-state index in [-0.39, 0.29) is 18.1 Å². The van der Waals surface area contributed by atoms with Crippen LogP contribution in [0.2, 0.25) is 0 Å². The summed E-state index contributed by atoms with van der Waals surface area (Å²) in [4.78, 5) is 27.6. The van der Waals surface area contributed by atoms with Crippen LogP contribution in [-0.4, -0.2) is 37.5 Å². The van der Waals surface area contributed by atoms with Crippen LogP contribution < -0.4 is 15.5 Å². The fourth-order valence-electron chi connectivity index (χ4n) is 3.48. The predicted octanol–water partition coefficient (Wildman–Crippen LogP) is 4.22. The van der Waals surface area contributed by atoms with Gasteiger partial charge in [0, 0.05) is 40.2 Å². The first kappa shape index (κ1) is 22.5. The third-order valence-electron chi connectivity index (χ3n) is 5.04. The summed E-state index contributed by atoms with van der Waals surface area (Å²) in [6, 6.07) is 10.1. The Morgan fingerprint density at radius 3 is 2.52 bits per heavy atom. The maximum Gasteiger partial charge on any atom is 0.416 e. The average Bonchev–Trinajstić information content (AvgIpc) is 3.10. The Hall–Kier alpha value is -3.23. The van der Waals surface area contributed by atoms with E-state index in [1.54, 1.807) is 23.9 Å². The number of alkyl halides is 3. The topological polar surface area (TPSA) is 64.7 Å². The van der Waals surface area contributed by atoms with Gasteiger partial charge < -0.3 is 20.4 Å². The maximum absolute atomic E-state index is 13.0. The number of rotatable bonds is 6. The van der Waals surface area contributed by atoms with Gasteiger partial charge in [-0.05, 0) is 35.7 Å². The lowest BCUT2D eigenvalue weighted by molar-refractivity contribution is -0.137. The molecule has 3 rings (SSSR count). The lowest BCUT2D eigenvalue weighted by Gasteiger charge is -2.20. The van der Waals surface area contributed by atoms with Gasteiger partial charge >= 0.3 is 12.2 Å². The number of likely N-dealkylation sites (tertiary alicyclic amines) is 1. The van der Waals surface area contributed by atoms with E-state index in [0.717, 1.165) is 36.2 Å². The lowest BCUT2D eigenvalue weighted by atomic mass is 10.1. The largest absolute Gasteiger partial charge is 0.416 e. The number of halogens is 3. The van der Waals surface area contributed by atoms with E-state index in [2.05, 4.69) is 10.6 Å². The highest BCUT2D eigenvalue weighted by molar-refractivity contribution is 5.93. The van der Waals surface area contributed by atoms with Crippen LogP contribution in [-0.2, 0) is 24.1 Å². The molecule has 2 N–H and O–H groups in total. The summed E-state index contributed by atoms with van der Waals surface area (Å²) in [5.41, 5.74) is 1.48. The molecule has 1 aliphatic heterocycles. The standard InChI is InChI=1S/C22H25F3N4O2/c1-28(2)19-9-8-17(22(23,24)25)12-18(19)27-21(31)26-13-15-5-3-6-16(11-15)14-29-10-4-7-20(29)30/h3,5-6,8-9,11-12H,4,7,10,13-14H2,1-2H3,(H2,26,27,31). The number of carbonyl (C=O) groups excluding carboxylic acids is 2. The third kappa shape index (κ3) is 5.90. The zero-order valence-corrected chi connectivity index (χ0v) is 17.4. The molecule has 0 aromatic heterocycles. The number of anilines is 2. The van der Waals surface area contributed by atoms with E-state index in [4.69, 9.17) is 0 Å². The number of nitrogens with one attached hydrogen (secondary N) is 2. The van der Waals surface area contributed by atoms with Gasteiger partial charge in [-0.25, -0.2) is 4.79 Å². The zero-order valence-electron chi connectivity index (χ0n) is 17.4. The number of hydrogen-bond donors (Lipinski definition) is 2. The molecule has 9 heteroatoms. The Morgan fingerprint density at radius 2 is 1.87 bits per heavy atom. The molecule has 0 radical (unpaired) electrons. The minimum Gasteiger partial charge on any atom is -0.376 e. The van der Waals surface area contributed by atoms with Crippen LogP contribution in [0, 0.1) is 0 Å². The highest BCUT2D eigenvalue weighted by atomic mass is 19.4. The molecule has 0 saturated carbocycles. The molecule has 2 aromatic rings. The molecule has 1 saturated heterocycles. The van der Waals surface area contributed by atoms with Crippen LogP contribution in [0.5, 0.6) is 0 Å². The molecule has 3 amide bonds. The molecule has 0 spiro atoms. The highest BCUT2D eigenvalue weighted by Crippen LogP contribution is 2.34. The van der Waals surface area contributed by atoms with E-state index in [1.807, 2.05) is 24.3 Å². The smallest absolute Gasteiger partial charge is 0.376 e. The number of amides is 3. The highest BCUT2D eigenvalue weighted by Gasteiger charge is 2.31. The number of nitrogens with zero attached hydrogens (tertiary/aromatic N) is 2. The molecular weight excluding hydrogens is 409 g/mol. The van der Waals surface area contributed by atoms with Gasteiger partial charge in [-0.15, -0.1) is 0 Å². The number of urea groups is 1. The minimum atomic E-state index is -4.51. The first-order valence-corrected chi connectivity index (χ1v) is 9.92. The van der Waals surface area contributed by atoms with Gasteiger partial charge in [-0.1, -0.05) is 24.3 Å². The van der Waals surface area contributed by atoms with Crippen LogP contribution in [0.3, 0.4) is 0 Å². The second-order valence-corrected chi connectivity index (χ2v) is 7.67. The van der Waals surface area contributed by atoms with Crippen LogP contribution in [0.1, 0.15) is 29.5 Å². The summed E-state index contributed by atoms with van der Waals surface area (Å²) < 4.78 is 39.1. The third-order valence-corrected chi connectivity index (χ3v) is 5.04. The fraction of sp³-hybridized carbons (Fsp3) is 0.364. The molecule has 1 fully saturated rings. The summed E-state index contributed by atoms with van der Waals surface area (Å²) in [5, 5.41) is 5.18. The molecule has 1 heterocycles. The molecule has 6 nitrogen and oxygen atoms in total. The van der Waals surface area contributed by atoms with Crippen molar-refractivity contribution < 1.29 is 22.8 Å². The van der Waals surface area contributed by atoms with Gasteiger partial charge in [0.1, 0.15) is 0 Å². The molecule has 0 aliphatic carbocycles. The number of carbonyl (C=O) groups is 2. The summed E-state index contributed by atoms with van der Waals surface area (Å²) >= 11 is 0. The maximum atomic E-state index is 13.0. The Labute approximate surface area is 179 Å². The monoisotopic (exact) mass is 434 g/mol. The Bertz CT molecular complexity index is 960. The molecule has 1 aliphatic rings. The summed E-state index contributed by atoms with van der Waals surface area (Å²) in [7, 11) is 3.37. The van der Waals surface area contributed by atoms with Crippen molar-refractivity contribution in [2.45, 2.75) is 32.1 Å². The lowest BCUT2D eigenvalue weighted by Crippen LogP contribution is -2.29. The summed E-state index contributed by atoms with van der Waals surface area (Å²) in [5.74, 6) is 0.140. The van der Waals surface area contributed by atoms with Crippen molar-refractivity contribution in [3.63, 3.8) is 0 Å². The minimum absolute atomic E-state index is 0.0682. The Kier molecular flexibility index (Phi) is 6.72. The Balaban J connectivity index is 1.64. The molecule has 0 bridgehead atoms. The van der Waals surface area contributed by atoms with Gasteiger partial charge in [0.05, 0.1) is 16.9 Å². The van der Waals surface area contributed by atoms with E-state index in [0.29, 0.717) is 18.7 Å². The number of benzene rings is 2. The first-order valence-electron chi connectivity index (χ1n) is 9.92. The van der Waals surface area contributed by atoms with Crippen LogP contribution in [0.4, 0.5) is 29.3 Å². The molecule has 0 atom stereocenters. The fourth-order valence-corrected chi connectivity index (χ4v) is 3.48. The van der Waals surface area contributed by atoms with Crippen LogP contribution >= 0.6 is 0 Å². The van der Waals surface area contributed by atoms with E-state index >= 15 is 0 Å². The predicted molar refractivity (Wildman–Crippen MR) is 113 cm³/mol. The van der Waals surface area contributed by atoms with E-state index in [9.17, 15) is 22.8 Å². The van der Waals surface area contributed by atoms with Crippen molar-refractivity contribution in [1.82, 2.24) is 10.2 Å². The molecular formula is C22H25F3N4O2. The van der Waals surface area contributed by atoms with Crippen molar-refractivity contribution in [1.29, 1.82) is 0 Å². The second-order valence-electron chi connectivity index (χ2n) is 7.67. The van der Waals surface area contributed by atoms with Gasteiger partial charge in [0.2, 0.25) is 5.91 Å². The molecule has 2 aromatic carbocycles. The van der Waals surface area contributed by atoms with Crippen molar-refractivity contribution in [3.05, 3.63) is 59.2 Å². The SMILES string of the molecule is CN(C)c1ccc(C(F)(F)F)cc1NC(=O)NCc1cccc(CN2CCCC2=O)c1. The van der Waals surface area contributed by atoms with Crippen molar-refractivity contribution in [3.8, 4) is 0 Å². The van der Waals surface area contributed by atoms with Crippen LogP contribution in [0.15, 0.2) is 42.5 Å². The Morgan fingerprint density at radius 1 is 1.13 bits per heavy atom. The van der Waals surface area contributed by atoms with Crippen LogP contribution in [0.25, 0.3) is 0 Å². The van der Waals surface area contributed by atoms with Crippen molar-refractivity contribution in [2.24, 2.45) is 0 Å². The van der Waals surface area contributed by atoms with Gasteiger partial charge in [-0.3, -0.25) is 4.79 Å². The second kappa shape index (κ2) is 9.28. The van der Waals surface area contributed by atoms with E-state index in [1.165, 1.54) is 6.07 Å². The normalized spacial score (nSPS) is 14.0. The first-order chi connectivity index (χ1) is 14.6. The van der Waals surface area contributed by atoms with E-state index < -0.39 is 17.8 Å². The molecule has 166 valence electrons.